The molecule has 0 radical (unpaired) electrons. The summed E-state index contributed by atoms with van der Waals surface area (Å²) in [5, 5.41) is 0. The molecule has 1 aliphatic heterocycles. The second kappa shape index (κ2) is 7.29. The summed E-state index contributed by atoms with van der Waals surface area (Å²) in [7, 11) is 3.68. The summed E-state index contributed by atoms with van der Waals surface area (Å²) >= 11 is 2.00. The maximum absolute atomic E-state index is 13.9. The molecule has 0 amide bonds. The van der Waals surface area contributed by atoms with Gasteiger partial charge in [0.25, 0.3) is 0 Å². The van der Waals surface area contributed by atoms with Crippen molar-refractivity contribution in [1.29, 1.82) is 0 Å². The summed E-state index contributed by atoms with van der Waals surface area (Å²) in [4.78, 5) is 2.34. The number of thioether (sulfide) groups is 1. The molecule has 112 valence electrons. The smallest absolute Gasteiger partial charge is 0.131 e. The van der Waals surface area contributed by atoms with E-state index in [1.165, 1.54) is 24.0 Å². The van der Waals surface area contributed by atoms with Crippen LogP contribution in [0.1, 0.15) is 24.4 Å². The topological polar surface area (TPSA) is 38.5 Å². The minimum Gasteiger partial charge on any atom is -0.496 e. The van der Waals surface area contributed by atoms with Gasteiger partial charge in [-0.25, -0.2) is 4.39 Å². The molecule has 3 nitrogen and oxygen atoms in total. The fraction of sp³-hybridized carbons (Fsp3) is 0.600. The van der Waals surface area contributed by atoms with Gasteiger partial charge in [-0.2, -0.15) is 11.8 Å². The van der Waals surface area contributed by atoms with Crippen molar-refractivity contribution in [2.24, 2.45) is 5.73 Å². The normalized spacial score (nSPS) is 20.4. The Kier molecular flexibility index (Phi) is 5.69. The molecule has 1 aromatic rings. The molecule has 0 spiro atoms. The first-order valence-electron chi connectivity index (χ1n) is 6.99. The molecule has 0 aliphatic carbocycles. The van der Waals surface area contributed by atoms with Crippen LogP contribution in [0.2, 0.25) is 0 Å². The van der Waals surface area contributed by atoms with E-state index >= 15 is 0 Å². The lowest BCUT2D eigenvalue weighted by Crippen LogP contribution is -2.33. The summed E-state index contributed by atoms with van der Waals surface area (Å²) in [5.41, 5.74) is 6.66. The maximum Gasteiger partial charge on any atom is 0.131 e. The minimum absolute atomic E-state index is 0.282. The van der Waals surface area contributed by atoms with Crippen molar-refractivity contribution in [2.45, 2.75) is 24.9 Å². The van der Waals surface area contributed by atoms with Crippen molar-refractivity contribution < 1.29 is 9.13 Å². The summed E-state index contributed by atoms with van der Waals surface area (Å²) < 4.78 is 19.2. The molecule has 1 aromatic carbocycles. The number of nitrogens with two attached hydrogens (primary N) is 1. The van der Waals surface area contributed by atoms with Gasteiger partial charge in [0.15, 0.2) is 0 Å². The fourth-order valence-corrected chi connectivity index (χ4v) is 3.89. The summed E-state index contributed by atoms with van der Waals surface area (Å²) in [6, 6.07) is 5.15. The predicted octanol–water partition coefficient (Wildman–Crippen LogP) is 2.66. The Morgan fingerprint density at radius 2 is 2.35 bits per heavy atom. The van der Waals surface area contributed by atoms with Crippen molar-refractivity contribution in [1.82, 2.24) is 4.90 Å². The van der Waals surface area contributed by atoms with E-state index in [1.54, 1.807) is 19.2 Å². The standard InChI is InChI=1S/C15H23FN2OS/c1-18(11-7-9-20-10-11)8-6-13(17)15-12(16)4-3-5-14(15)19-2/h3-5,11,13H,6-10,17H2,1-2H3. The molecular formula is C15H23FN2OS. The molecule has 1 fully saturated rings. The van der Waals surface area contributed by atoms with E-state index in [9.17, 15) is 4.39 Å². The molecule has 2 rings (SSSR count). The Bertz CT molecular complexity index is 438. The third-order valence-corrected chi connectivity index (χ3v) is 5.07. The highest BCUT2D eigenvalue weighted by molar-refractivity contribution is 7.99. The number of benzene rings is 1. The Labute approximate surface area is 124 Å². The van der Waals surface area contributed by atoms with Crippen LogP contribution in [-0.2, 0) is 0 Å². The van der Waals surface area contributed by atoms with Gasteiger partial charge in [0.2, 0.25) is 0 Å². The van der Waals surface area contributed by atoms with Gasteiger partial charge < -0.3 is 15.4 Å². The molecule has 2 atom stereocenters. The van der Waals surface area contributed by atoms with Gasteiger partial charge >= 0.3 is 0 Å². The molecule has 1 aliphatic rings. The van der Waals surface area contributed by atoms with Crippen LogP contribution in [0.15, 0.2) is 18.2 Å². The second-order valence-corrected chi connectivity index (χ2v) is 6.40. The van der Waals surface area contributed by atoms with Gasteiger partial charge in [-0.15, -0.1) is 0 Å². The first-order chi connectivity index (χ1) is 9.63. The predicted molar refractivity (Wildman–Crippen MR) is 82.9 cm³/mol. The third kappa shape index (κ3) is 3.65. The van der Waals surface area contributed by atoms with Gasteiger partial charge in [-0.1, -0.05) is 6.07 Å². The van der Waals surface area contributed by atoms with Crippen LogP contribution < -0.4 is 10.5 Å². The van der Waals surface area contributed by atoms with Crippen LogP contribution in [0.25, 0.3) is 0 Å². The Morgan fingerprint density at radius 3 is 3.00 bits per heavy atom. The fourth-order valence-electron chi connectivity index (χ4n) is 2.59. The Balaban J connectivity index is 1.96. The van der Waals surface area contributed by atoms with E-state index in [2.05, 4.69) is 11.9 Å². The number of hydrogen-bond acceptors (Lipinski definition) is 4. The largest absolute Gasteiger partial charge is 0.496 e. The highest BCUT2D eigenvalue weighted by Gasteiger charge is 2.22. The van der Waals surface area contributed by atoms with Gasteiger partial charge in [0.1, 0.15) is 11.6 Å². The molecule has 1 saturated heterocycles. The lowest BCUT2D eigenvalue weighted by atomic mass is 10.0. The first kappa shape index (κ1) is 15.6. The zero-order valence-corrected chi connectivity index (χ0v) is 13.0. The van der Waals surface area contributed by atoms with E-state index in [4.69, 9.17) is 10.5 Å². The van der Waals surface area contributed by atoms with Gasteiger partial charge in [0.05, 0.1) is 7.11 Å². The van der Waals surface area contributed by atoms with Crippen LogP contribution in [0, 0.1) is 5.82 Å². The summed E-state index contributed by atoms with van der Waals surface area (Å²) in [5.74, 6) is 2.68. The van der Waals surface area contributed by atoms with E-state index in [-0.39, 0.29) is 11.9 Å². The molecule has 5 heteroatoms. The van der Waals surface area contributed by atoms with Crippen LogP contribution in [-0.4, -0.2) is 43.1 Å². The highest BCUT2D eigenvalue weighted by atomic mass is 32.2. The van der Waals surface area contributed by atoms with Crippen LogP contribution >= 0.6 is 11.8 Å². The second-order valence-electron chi connectivity index (χ2n) is 5.25. The number of halogens is 1. The van der Waals surface area contributed by atoms with E-state index in [1.807, 2.05) is 11.8 Å². The molecule has 0 aromatic heterocycles. The molecule has 0 bridgehead atoms. The maximum atomic E-state index is 13.9. The van der Waals surface area contributed by atoms with Crippen molar-refractivity contribution in [3.05, 3.63) is 29.6 Å². The average molecular weight is 298 g/mol. The van der Waals surface area contributed by atoms with E-state index in [0.717, 1.165) is 13.0 Å². The van der Waals surface area contributed by atoms with Crippen molar-refractivity contribution in [3.63, 3.8) is 0 Å². The van der Waals surface area contributed by atoms with Crippen LogP contribution in [0.4, 0.5) is 4.39 Å². The average Bonchev–Trinajstić information content (AvgIpc) is 2.98. The molecule has 0 saturated carbocycles. The van der Waals surface area contributed by atoms with Gasteiger partial charge in [-0.05, 0) is 44.3 Å². The highest BCUT2D eigenvalue weighted by Crippen LogP contribution is 2.29. The quantitative estimate of drug-likeness (QED) is 0.876. The number of rotatable bonds is 6. The Morgan fingerprint density at radius 1 is 1.55 bits per heavy atom. The SMILES string of the molecule is COc1cccc(F)c1C(N)CCN(C)C1CCSC1. The van der Waals surface area contributed by atoms with Gasteiger partial charge in [-0.3, -0.25) is 0 Å². The summed E-state index contributed by atoms with van der Waals surface area (Å²) in [6.07, 6.45) is 1.97. The third-order valence-electron chi connectivity index (χ3n) is 3.93. The first-order valence-corrected chi connectivity index (χ1v) is 8.15. The van der Waals surface area contributed by atoms with E-state index < -0.39 is 0 Å². The minimum atomic E-state index is -0.331. The number of ether oxygens (including phenoxy) is 1. The van der Waals surface area contributed by atoms with Crippen LogP contribution in [0.3, 0.4) is 0 Å². The molecular weight excluding hydrogens is 275 g/mol. The molecule has 20 heavy (non-hydrogen) atoms. The molecule has 2 unspecified atom stereocenters. The monoisotopic (exact) mass is 298 g/mol. The zero-order chi connectivity index (χ0) is 14.5. The van der Waals surface area contributed by atoms with Crippen LogP contribution in [0.5, 0.6) is 5.75 Å². The van der Waals surface area contributed by atoms with Crippen molar-refractivity contribution >= 4 is 11.8 Å². The summed E-state index contributed by atoms with van der Waals surface area (Å²) in [6.45, 7) is 0.879. The number of hydrogen-bond donors (Lipinski definition) is 1. The van der Waals surface area contributed by atoms with Crippen molar-refractivity contribution in [3.8, 4) is 5.75 Å². The lowest BCUT2D eigenvalue weighted by Gasteiger charge is -2.25. The number of nitrogens with zero attached hydrogens (tertiary/aromatic N) is 1. The Hall–Kier alpha value is -0.780. The zero-order valence-electron chi connectivity index (χ0n) is 12.1. The van der Waals surface area contributed by atoms with Gasteiger partial charge in [0, 0.05) is 23.4 Å². The van der Waals surface area contributed by atoms with Crippen molar-refractivity contribution in [2.75, 3.05) is 32.2 Å². The van der Waals surface area contributed by atoms with E-state index in [0.29, 0.717) is 17.4 Å². The molecule has 1 heterocycles. The lowest BCUT2D eigenvalue weighted by molar-refractivity contribution is 0.251. The molecule has 2 N–H and O–H groups in total. The number of methoxy groups -OCH3 is 1.